The zero-order valence-corrected chi connectivity index (χ0v) is 10.5. The van der Waals surface area contributed by atoms with Crippen LogP contribution in [0.1, 0.15) is 12.8 Å². The molecular formula is C13H17N3O3. The monoisotopic (exact) mass is 263 g/mol. The Kier molecular flexibility index (Phi) is 4.01. The van der Waals surface area contributed by atoms with Crippen molar-refractivity contribution >= 4 is 17.4 Å². The summed E-state index contributed by atoms with van der Waals surface area (Å²) in [5.74, 6) is -0.332. The smallest absolute Gasteiger partial charge is 0.238 e. The molecule has 0 aliphatic carbocycles. The Morgan fingerprint density at radius 2 is 1.95 bits per heavy atom. The minimum Gasteiger partial charge on any atom is -0.409 e. The molecule has 1 heterocycles. The first-order chi connectivity index (χ1) is 9.19. The zero-order chi connectivity index (χ0) is 13.7. The van der Waals surface area contributed by atoms with Gasteiger partial charge in [0.2, 0.25) is 5.91 Å². The number of carbonyl (C=O) groups excluding carboxylic acids is 1. The molecule has 2 rings (SSSR count). The maximum Gasteiger partial charge on any atom is 0.238 e. The van der Waals surface area contributed by atoms with E-state index in [9.17, 15) is 4.79 Å². The van der Waals surface area contributed by atoms with Gasteiger partial charge in [-0.3, -0.25) is 4.79 Å². The molecule has 1 aliphatic rings. The van der Waals surface area contributed by atoms with Gasteiger partial charge in [0.15, 0.2) is 5.84 Å². The van der Waals surface area contributed by atoms with Crippen LogP contribution in [0.25, 0.3) is 0 Å². The highest BCUT2D eigenvalue weighted by atomic mass is 16.5. The van der Waals surface area contributed by atoms with Gasteiger partial charge in [0, 0.05) is 18.9 Å². The van der Waals surface area contributed by atoms with E-state index in [0.29, 0.717) is 31.7 Å². The lowest BCUT2D eigenvalue weighted by molar-refractivity contribution is -0.126. The van der Waals surface area contributed by atoms with Crippen molar-refractivity contribution in [3.8, 4) is 0 Å². The number of amidine groups is 1. The van der Waals surface area contributed by atoms with E-state index in [1.54, 1.807) is 12.1 Å². The third kappa shape index (κ3) is 2.68. The maximum absolute atomic E-state index is 12.5. The summed E-state index contributed by atoms with van der Waals surface area (Å²) in [6.07, 6.45) is 0.809. The molecule has 0 radical (unpaired) electrons. The fourth-order valence-corrected chi connectivity index (χ4v) is 2.19. The summed E-state index contributed by atoms with van der Waals surface area (Å²) in [5, 5.41) is 14.7. The number of anilines is 1. The highest BCUT2D eigenvalue weighted by Crippen LogP contribution is 2.32. The lowest BCUT2D eigenvalue weighted by Gasteiger charge is -2.34. The molecule has 4 N–H and O–H groups in total. The normalized spacial score (nSPS) is 18.8. The topological polar surface area (TPSA) is 96.9 Å². The molecule has 0 bridgehead atoms. The molecule has 0 atom stereocenters. The summed E-state index contributed by atoms with van der Waals surface area (Å²) in [7, 11) is 0. The van der Waals surface area contributed by atoms with Gasteiger partial charge in [-0.15, -0.1) is 0 Å². The van der Waals surface area contributed by atoms with Crippen molar-refractivity contribution in [3.63, 3.8) is 0 Å². The van der Waals surface area contributed by atoms with E-state index in [0.717, 1.165) is 0 Å². The lowest BCUT2D eigenvalue weighted by atomic mass is 9.78. The number of nitrogens with two attached hydrogens (primary N) is 1. The average Bonchev–Trinajstić information content (AvgIpc) is 2.48. The molecule has 0 spiro atoms. The van der Waals surface area contributed by atoms with Crippen molar-refractivity contribution in [2.24, 2.45) is 16.3 Å². The van der Waals surface area contributed by atoms with Crippen molar-refractivity contribution < 1.29 is 14.7 Å². The van der Waals surface area contributed by atoms with Crippen molar-refractivity contribution in [3.05, 3.63) is 30.3 Å². The quantitative estimate of drug-likeness (QED) is 0.330. The number of hydrogen-bond donors (Lipinski definition) is 3. The number of amides is 1. The minimum atomic E-state index is -0.997. The number of hydrogen-bond acceptors (Lipinski definition) is 4. The van der Waals surface area contributed by atoms with Crippen molar-refractivity contribution in [1.29, 1.82) is 0 Å². The Labute approximate surface area is 111 Å². The molecule has 19 heavy (non-hydrogen) atoms. The van der Waals surface area contributed by atoms with Gasteiger partial charge in [-0.25, -0.2) is 0 Å². The third-order valence-corrected chi connectivity index (χ3v) is 3.41. The number of para-hydroxylation sites is 1. The molecule has 6 nitrogen and oxygen atoms in total. The highest BCUT2D eigenvalue weighted by Gasteiger charge is 2.44. The first kappa shape index (κ1) is 13.4. The highest BCUT2D eigenvalue weighted by molar-refractivity contribution is 6.11. The molecular weight excluding hydrogens is 246 g/mol. The summed E-state index contributed by atoms with van der Waals surface area (Å²) >= 11 is 0. The molecule has 102 valence electrons. The van der Waals surface area contributed by atoms with E-state index in [1.165, 1.54) is 0 Å². The van der Waals surface area contributed by atoms with Crippen LogP contribution in [-0.4, -0.2) is 30.2 Å². The Balaban J connectivity index is 2.21. The van der Waals surface area contributed by atoms with Gasteiger partial charge in [-0.1, -0.05) is 23.4 Å². The SMILES string of the molecule is NC(=NO)C1(C(=O)Nc2ccccc2)CCOCC1. The van der Waals surface area contributed by atoms with Crippen molar-refractivity contribution in [1.82, 2.24) is 0 Å². The van der Waals surface area contributed by atoms with Crippen LogP contribution in [0.2, 0.25) is 0 Å². The Bertz CT molecular complexity index is 467. The second kappa shape index (κ2) is 5.71. The molecule has 1 amide bonds. The summed E-state index contributed by atoms with van der Waals surface area (Å²) < 4.78 is 5.25. The van der Waals surface area contributed by atoms with Crippen LogP contribution < -0.4 is 11.1 Å². The average molecular weight is 263 g/mol. The van der Waals surface area contributed by atoms with Crippen molar-refractivity contribution in [2.75, 3.05) is 18.5 Å². The summed E-state index contributed by atoms with van der Waals surface area (Å²) in [6.45, 7) is 0.830. The number of rotatable bonds is 3. The number of carbonyl (C=O) groups is 1. The first-order valence-corrected chi connectivity index (χ1v) is 6.11. The second-order valence-electron chi connectivity index (χ2n) is 4.50. The van der Waals surface area contributed by atoms with E-state index in [1.807, 2.05) is 18.2 Å². The van der Waals surface area contributed by atoms with Gasteiger partial charge in [-0.2, -0.15) is 0 Å². The number of ether oxygens (including phenoxy) is 1. The van der Waals surface area contributed by atoms with Crippen LogP contribution >= 0.6 is 0 Å². The van der Waals surface area contributed by atoms with Gasteiger partial charge in [0.1, 0.15) is 5.41 Å². The predicted octanol–water partition coefficient (Wildman–Crippen LogP) is 1.17. The largest absolute Gasteiger partial charge is 0.409 e. The first-order valence-electron chi connectivity index (χ1n) is 6.11. The lowest BCUT2D eigenvalue weighted by Crippen LogP contribution is -2.50. The van der Waals surface area contributed by atoms with Crippen LogP contribution in [0.15, 0.2) is 35.5 Å². The Morgan fingerprint density at radius 1 is 1.32 bits per heavy atom. The van der Waals surface area contributed by atoms with Crippen LogP contribution in [0.4, 0.5) is 5.69 Å². The molecule has 1 aliphatic heterocycles. The molecule has 0 unspecified atom stereocenters. The fourth-order valence-electron chi connectivity index (χ4n) is 2.19. The molecule has 1 saturated heterocycles. The van der Waals surface area contributed by atoms with E-state index >= 15 is 0 Å². The number of benzene rings is 1. The predicted molar refractivity (Wildman–Crippen MR) is 71.0 cm³/mol. The third-order valence-electron chi connectivity index (χ3n) is 3.41. The number of oxime groups is 1. The second-order valence-corrected chi connectivity index (χ2v) is 4.50. The summed E-state index contributed by atoms with van der Waals surface area (Å²) in [6, 6.07) is 9.10. The molecule has 1 aromatic carbocycles. The molecule has 6 heteroatoms. The Hall–Kier alpha value is -2.08. The molecule has 0 aromatic heterocycles. The van der Waals surface area contributed by atoms with Crippen LogP contribution in [0.5, 0.6) is 0 Å². The van der Waals surface area contributed by atoms with Gasteiger partial charge in [0.05, 0.1) is 0 Å². The zero-order valence-electron chi connectivity index (χ0n) is 10.5. The summed E-state index contributed by atoms with van der Waals surface area (Å²) in [4.78, 5) is 12.5. The number of nitrogens with zero attached hydrogens (tertiary/aromatic N) is 1. The van der Waals surface area contributed by atoms with E-state index in [2.05, 4.69) is 10.5 Å². The molecule has 0 saturated carbocycles. The van der Waals surface area contributed by atoms with Gasteiger partial charge >= 0.3 is 0 Å². The van der Waals surface area contributed by atoms with Gasteiger partial charge in [-0.05, 0) is 25.0 Å². The van der Waals surface area contributed by atoms with E-state index < -0.39 is 5.41 Å². The molecule has 1 fully saturated rings. The van der Waals surface area contributed by atoms with E-state index in [-0.39, 0.29) is 11.7 Å². The number of nitrogens with one attached hydrogen (secondary N) is 1. The standard InChI is InChI=1S/C13H17N3O3/c14-11(16-18)13(6-8-19-9-7-13)12(17)15-10-4-2-1-3-5-10/h1-5,18H,6-9H2,(H2,14,16)(H,15,17). The van der Waals surface area contributed by atoms with Crippen LogP contribution in [0, 0.1) is 5.41 Å². The minimum absolute atomic E-state index is 0.0655. The summed E-state index contributed by atoms with van der Waals surface area (Å²) in [5.41, 5.74) is 5.41. The van der Waals surface area contributed by atoms with E-state index in [4.69, 9.17) is 15.7 Å². The Morgan fingerprint density at radius 3 is 2.53 bits per heavy atom. The van der Waals surface area contributed by atoms with Crippen LogP contribution in [-0.2, 0) is 9.53 Å². The fraction of sp³-hybridized carbons (Fsp3) is 0.385. The maximum atomic E-state index is 12.5. The van der Waals surface area contributed by atoms with Crippen molar-refractivity contribution in [2.45, 2.75) is 12.8 Å². The van der Waals surface area contributed by atoms with Gasteiger partial charge in [0.25, 0.3) is 0 Å². The molecule has 1 aromatic rings. The van der Waals surface area contributed by atoms with Gasteiger partial charge < -0.3 is 21.0 Å². The van der Waals surface area contributed by atoms with Crippen LogP contribution in [0.3, 0.4) is 0 Å².